The quantitative estimate of drug-likeness (QED) is 0.295. The van der Waals surface area contributed by atoms with Crippen LogP contribution in [0.1, 0.15) is 41.4 Å². The van der Waals surface area contributed by atoms with Crippen LogP contribution in [0.4, 0.5) is 18.9 Å². The first-order valence-electron chi connectivity index (χ1n) is 18.0. The van der Waals surface area contributed by atoms with E-state index in [1.54, 1.807) is 11.0 Å². The molecule has 0 spiro atoms. The predicted molar refractivity (Wildman–Crippen MR) is 194 cm³/mol. The fourth-order valence-corrected chi connectivity index (χ4v) is 7.96. The molecule has 2 aromatic heterocycles. The second-order valence-electron chi connectivity index (χ2n) is 15.0. The number of hydrogen-bond donors (Lipinski definition) is 3. The highest BCUT2D eigenvalue weighted by atomic mass is 35.5. The number of alkyl halides is 3. The molecule has 0 radical (unpaired) electrons. The molecule has 3 fully saturated rings. The molecule has 54 heavy (non-hydrogen) atoms. The van der Waals surface area contributed by atoms with Gasteiger partial charge in [0.2, 0.25) is 11.9 Å². The number of aromatic nitrogens is 4. The van der Waals surface area contributed by atoms with E-state index in [9.17, 15) is 27.6 Å². The van der Waals surface area contributed by atoms with Gasteiger partial charge in [-0.2, -0.15) is 18.3 Å². The van der Waals surface area contributed by atoms with Gasteiger partial charge in [0.1, 0.15) is 0 Å². The van der Waals surface area contributed by atoms with E-state index in [0.29, 0.717) is 31.9 Å². The zero-order chi connectivity index (χ0) is 38.4. The lowest BCUT2D eigenvalue weighted by Crippen LogP contribution is -2.59. The fourth-order valence-electron chi connectivity index (χ4n) is 7.70. The molecule has 4 aliphatic rings. The normalized spacial score (nSPS) is 24.8. The molecule has 6 heterocycles. The number of benzene rings is 1. The monoisotopic (exact) mass is 770 g/mol. The number of piperidine rings is 1. The van der Waals surface area contributed by atoms with Crippen LogP contribution in [0.3, 0.4) is 0 Å². The Morgan fingerprint density at radius 1 is 1.06 bits per heavy atom. The van der Waals surface area contributed by atoms with Crippen molar-refractivity contribution in [2.45, 2.75) is 31.6 Å². The van der Waals surface area contributed by atoms with Crippen molar-refractivity contribution in [3.63, 3.8) is 0 Å². The third kappa shape index (κ3) is 7.36. The second kappa shape index (κ2) is 14.5. The Labute approximate surface area is 315 Å². The molecule has 14 nitrogen and oxygen atoms in total. The zero-order valence-corrected chi connectivity index (χ0v) is 31.1. The van der Waals surface area contributed by atoms with Gasteiger partial charge in [-0.05, 0) is 31.2 Å². The Bertz CT molecular complexity index is 1940. The first-order valence-corrected chi connectivity index (χ1v) is 18.4. The average molecular weight is 771 g/mol. The van der Waals surface area contributed by atoms with Gasteiger partial charge in [-0.15, -0.1) is 0 Å². The van der Waals surface area contributed by atoms with Crippen molar-refractivity contribution in [3.8, 4) is 5.95 Å². The highest BCUT2D eigenvalue weighted by Gasteiger charge is 2.46. The zero-order valence-electron chi connectivity index (χ0n) is 30.4. The highest BCUT2D eigenvalue weighted by molar-refractivity contribution is 6.34. The first kappa shape index (κ1) is 37.6. The number of halogens is 4. The van der Waals surface area contributed by atoms with Gasteiger partial charge in [-0.1, -0.05) is 11.6 Å². The molecule has 3 saturated heterocycles. The fraction of sp³-hybridized carbons (Fsp3) is 0.500. The number of nitrogens with zero attached hydrogens (tertiary/aromatic N) is 8. The number of amides is 3. The molecule has 3 N–H and O–H groups in total. The van der Waals surface area contributed by atoms with E-state index >= 15 is 0 Å². The van der Waals surface area contributed by atoms with Gasteiger partial charge in [0.25, 0.3) is 11.8 Å². The lowest BCUT2D eigenvalue weighted by Gasteiger charge is -2.45. The number of likely N-dealkylation sites (N-methyl/N-ethyl adjacent to an activating group) is 1. The summed E-state index contributed by atoms with van der Waals surface area (Å²) in [6.07, 6.45) is 2.23. The minimum absolute atomic E-state index is 0.0186. The summed E-state index contributed by atoms with van der Waals surface area (Å²) in [5.74, 6) is 0.00850. The van der Waals surface area contributed by atoms with Crippen LogP contribution in [0.15, 0.2) is 49.1 Å². The summed E-state index contributed by atoms with van der Waals surface area (Å²) in [5, 5.41) is 12.8. The van der Waals surface area contributed by atoms with E-state index in [-0.39, 0.29) is 45.5 Å². The molecule has 4 aliphatic heterocycles. The van der Waals surface area contributed by atoms with Crippen molar-refractivity contribution < 1.29 is 32.0 Å². The van der Waals surface area contributed by atoms with Crippen LogP contribution in [0.2, 0.25) is 5.02 Å². The Hall–Kier alpha value is -4.74. The number of likely N-dealkylation sites (tertiary alicyclic amines) is 1. The van der Waals surface area contributed by atoms with Crippen LogP contribution in [0, 0.1) is 11.8 Å². The van der Waals surface area contributed by atoms with Crippen LogP contribution in [-0.4, -0.2) is 135 Å². The van der Waals surface area contributed by atoms with Crippen molar-refractivity contribution in [2.75, 3.05) is 78.3 Å². The molecule has 3 amide bonds. The molecule has 1 unspecified atom stereocenters. The number of carbonyl (C=O) groups excluding carboxylic acids is 3. The highest BCUT2D eigenvalue weighted by Crippen LogP contribution is 2.39. The number of quaternary nitrogens is 1. The standard InChI is InChI=1S/C36H43ClF3N11O3/c1-35(44-20-29(47(35)2)27-21-50(34-42-9-4-10-43-34)46-30(27)36(38,39)40)33(54)45-25-5-6-26(28(37)17-25)32(53)49-13-11-48(12-14-49)31(52)24-7-15-51(3,16-8-24)22-23-18-41-19-23/h4-6,9-10,17,20-21,23-24,41,44H,7-8,11-16,18-19,22H2,1-3H3/p+1. The van der Waals surface area contributed by atoms with Crippen molar-refractivity contribution >= 4 is 40.7 Å². The number of rotatable bonds is 8. The lowest BCUT2D eigenvalue weighted by molar-refractivity contribution is -0.918. The topological polar surface area (TPSA) is 141 Å². The molecular weight excluding hydrogens is 727 g/mol. The van der Waals surface area contributed by atoms with Gasteiger partial charge in [0.05, 0.1) is 48.5 Å². The van der Waals surface area contributed by atoms with E-state index in [2.05, 4.69) is 38.1 Å². The number of anilines is 1. The molecule has 0 saturated carbocycles. The van der Waals surface area contributed by atoms with Gasteiger partial charge < -0.3 is 35.1 Å². The molecule has 1 atom stereocenters. The van der Waals surface area contributed by atoms with Crippen LogP contribution in [-0.2, 0) is 15.8 Å². The Balaban J connectivity index is 0.944. The molecule has 288 valence electrons. The molecule has 18 heteroatoms. The minimum atomic E-state index is -4.80. The van der Waals surface area contributed by atoms with Crippen LogP contribution in [0.25, 0.3) is 11.6 Å². The van der Waals surface area contributed by atoms with E-state index < -0.39 is 23.4 Å². The maximum absolute atomic E-state index is 14.1. The summed E-state index contributed by atoms with van der Waals surface area (Å²) in [4.78, 5) is 53.5. The molecule has 0 bridgehead atoms. The van der Waals surface area contributed by atoms with Gasteiger partial charge in [-0.25, -0.2) is 14.6 Å². The van der Waals surface area contributed by atoms with Crippen LogP contribution in [0.5, 0.6) is 0 Å². The van der Waals surface area contributed by atoms with Crippen LogP contribution < -0.4 is 16.0 Å². The summed E-state index contributed by atoms with van der Waals surface area (Å²) < 4.78 is 44.3. The Morgan fingerprint density at radius 3 is 2.33 bits per heavy atom. The largest absolute Gasteiger partial charge is 0.435 e. The Morgan fingerprint density at radius 2 is 1.72 bits per heavy atom. The SMILES string of the molecule is CN1C(c2cn(-c3ncccn3)nc2C(F)(F)F)=CNC1(C)C(=O)Nc1ccc(C(=O)N2CCN(C(=O)C3CC[N+](C)(CC4CNC4)CC3)CC2)c(Cl)c1. The smallest absolute Gasteiger partial charge is 0.359 e. The van der Waals surface area contributed by atoms with E-state index in [4.69, 9.17) is 11.6 Å². The van der Waals surface area contributed by atoms with E-state index in [1.807, 2.05) is 4.90 Å². The second-order valence-corrected chi connectivity index (χ2v) is 15.4. The molecule has 3 aromatic rings. The Kier molecular flexibility index (Phi) is 10.1. The summed E-state index contributed by atoms with van der Waals surface area (Å²) in [7, 11) is 3.79. The van der Waals surface area contributed by atoms with Gasteiger partial charge in [-0.3, -0.25) is 14.4 Å². The molecular formula is C36H44ClF3N11O3+. The lowest BCUT2D eigenvalue weighted by atomic mass is 9.91. The molecule has 0 aliphatic carbocycles. The van der Waals surface area contributed by atoms with Crippen molar-refractivity contribution in [1.29, 1.82) is 0 Å². The maximum Gasteiger partial charge on any atom is 0.435 e. The summed E-state index contributed by atoms with van der Waals surface area (Å²) in [6.45, 7) is 8.53. The van der Waals surface area contributed by atoms with Crippen molar-refractivity contribution in [3.05, 3.63) is 70.9 Å². The van der Waals surface area contributed by atoms with E-state index in [0.717, 1.165) is 60.6 Å². The minimum Gasteiger partial charge on any atom is -0.359 e. The van der Waals surface area contributed by atoms with Gasteiger partial charge in [0, 0.05) is 101 Å². The third-order valence-corrected chi connectivity index (χ3v) is 11.6. The number of carbonyl (C=O) groups is 3. The molecule has 7 rings (SSSR count). The van der Waals surface area contributed by atoms with Gasteiger partial charge in [0.15, 0.2) is 11.4 Å². The van der Waals surface area contributed by atoms with E-state index in [1.165, 1.54) is 61.9 Å². The molecule has 1 aromatic carbocycles. The first-order chi connectivity index (χ1) is 25.6. The number of hydrogen-bond acceptors (Lipinski definition) is 9. The average Bonchev–Trinajstić information content (AvgIpc) is 3.72. The third-order valence-electron chi connectivity index (χ3n) is 11.3. The van der Waals surface area contributed by atoms with Crippen molar-refractivity contribution in [2.24, 2.45) is 11.8 Å². The summed E-state index contributed by atoms with van der Waals surface area (Å²) in [5.41, 5.74) is -2.33. The van der Waals surface area contributed by atoms with Crippen molar-refractivity contribution in [1.82, 2.24) is 45.1 Å². The van der Waals surface area contributed by atoms with Gasteiger partial charge >= 0.3 is 6.18 Å². The predicted octanol–water partition coefficient (Wildman–Crippen LogP) is 2.88. The summed E-state index contributed by atoms with van der Waals surface area (Å²) in [6, 6.07) is 6.07. The summed E-state index contributed by atoms with van der Waals surface area (Å²) >= 11 is 6.58. The number of piperazine rings is 1. The van der Waals surface area contributed by atoms with Crippen LogP contribution >= 0.6 is 11.6 Å². The maximum atomic E-state index is 14.1. The number of nitrogens with one attached hydrogen (secondary N) is 3.